The van der Waals surface area contributed by atoms with Crippen molar-refractivity contribution in [2.75, 3.05) is 7.11 Å². The Morgan fingerprint density at radius 2 is 2.00 bits per heavy atom. The van der Waals surface area contributed by atoms with Gasteiger partial charge in [0.1, 0.15) is 0 Å². The first kappa shape index (κ1) is 10.3. The van der Waals surface area contributed by atoms with Crippen LogP contribution in [0.5, 0.6) is 0 Å². The minimum Gasteiger partial charge on any atom is -0.465 e. The number of aromatic nitrogens is 2. The summed E-state index contributed by atoms with van der Waals surface area (Å²) < 4.78 is 4.71. The maximum Gasteiger partial charge on any atom is 0.338 e. The van der Waals surface area contributed by atoms with Crippen LogP contribution in [0.3, 0.4) is 0 Å². The molecule has 80 valence electrons. The number of esters is 1. The normalized spacial score (nSPS) is 9.81. The summed E-state index contributed by atoms with van der Waals surface area (Å²) in [6.07, 6.45) is 1.59. The molecule has 0 aliphatic heterocycles. The number of methoxy groups -OCH3 is 1. The van der Waals surface area contributed by atoms with E-state index in [1.54, 1.807) is 30.5 Å². The Morgan fingerprint density at radius 3 is 2.69 bits per heavy atom. The van der Waals surface area contributed by atoms with Gasteiger partial charge in [0.25, 0.3) is 0 Å². The van der Waals surface area contributed by atoms with Crippen molar-refractivity contribution in [3.05, 3.63) is 48.2 Å². The smallest absolute Gasteiger partial charge is 0.338 e. The molecular weight excluding hydrogens is 204 g/mol. The van der Waals surface area contributed by atoms with Gasteiger partial charge < -0.3 is 4.74 Å². The summed E-state index contributed by atoms with van der Waals surface area (Å²) >= 11 is 0. The first-order chi connectivity index (χ1) is 7.83. The molecular formula is C12H10N2O2. The predicted molar refractivity (Wildman–Crippen MR) is 58.8 cm³/mol. The van der Waals surface area contributed by atoms with Crippen molar-refractivity contribution < 1.29 is 9.53 Å². The molecule has 1 aromatic carbocycles. The van der Waals surface area contributed by atoms with Crippen LogP contribution in [0.15, 0.2) is 42.6 Å². The molecule has 0 aliphatic carbocycles. The van der Waals surface area contributed by atoms with Crippen molar-refractivity contribution >= 4 is 5.97 Å². The van der Waals surface area contributed by atoms with Crippen molar-refractivity contribution in [2.24, 2.45) is 0 Å². The van der Waals surface area contributed by atoms with Gasteiger partial charge in [-0.15, -0.1) is 0 Å². The van der Waals surface area contributed by atoms with Crippen LogP contribution in [0.25, 0.3) is 11.3 Å². The lowest BCUT2D eigenvalue weighted by Gasteiger charge is -2.05. The third kappa shape index (κ3) is 1.91. The number of benzene rings is 1. The summed E-state index contributed by atoms with van der Waals surface area (Å²) in [5, 5.41) is 7.75. The van der Waals surface area contributed by atoms with Gasteiger partial charge in [-0.05, 0) is 18.2 Å². The third-order valence-electron chi connectivity index (χ3n) is 2.18. The lowest BCUT2D eigenvalue weighted by molar-refractivity contribution is 0.0601. The Balaban J connectivity index is 2.53. The molecule has 0 unspecified atom stereocenters. The maximum absolute atomic E-state index is 11.5. The number of hydrogen-bond acceptors (Lipinski definition) is 4. The fourth-order valence-corrected chi connectivity index (χ4v) is 1.44. The second-order valence-electron chi connectivity index (χ2n) is 3.15. The second kappa shape index (κ2) is 4.53. The van der Waals surface area contributed by atoms with Crippen LogP contribution in [0.4, 0.5) is 0 Å². The molecule has 0 radical (unpaired) electrons. The largest absolute Gasteiger partial charge is 0.465 e. The van der Waals surface area contributed by atoms with E-state index in [1.807, 2.05) is 12.1 Å². The van der Waals surface area contributed by atoms with E-state index in [9.17, 15) is 4.79 Å². The highest BCUT2D eigenvalue weighted by atomic mass is 16.5. The van der Waals surface area contributed by atoms with Crippen molar-refractivity contribution in [1.29, 1.82) is 0 Å². The Labute approximate surface area is 92.9 Å². The highest BCUT2D eigenvalue weighted by molar-refractivity contribution is 5.96. The summed E-state index contributed by atoms with van der Waals surface area (Å²) in [4.78, 5) is 11.5. The number of ether oxygens (including phenoxy) is 1. The van der Waals surface area contributed by atoms with Crippen molar-refractivity contribution in [3.8, 4) is 11.3 Å². The van der Waals surface area contributed by atoms with Gasteiger partial charge >= 0.3 is 5.97 Å². The molecule has 4 nitrogen and oxygen atoms in total. The molecule has 0 saturated heterocycles. The van der Waals surface area contributed by atoms with Gasteiger partial charge in [0.15, 0.2) is 0 Å². The maximum atomic E-state index is 11.5. The average Bonchev–Trinajstić information content (AvgIpc) is 2.39. The molecule has 1 heterocycles. The van der Waals surface area contributed by atoms with Gasteiger partial charge in [-0.1, -0.05) is 18.2 Å². The molecule has 0 aliphatic rings. The Kier molecular flexibility index (Phi) is 2.91. The van der Waals surface area contributed by atoms with Crippen LogP contribution in [0.1, 0.15) is 10.4 Å². The van der Waals surface area contributed by atoms with Crippen LogP contribution in [-0.2, 0) is 4.74 Å². The molecule has 0 fully saturated rings. The molecule has 1 aromatic heterocycles. The molecule has 0 N–H and O–H groups in total. The molecule has 4 heteroatoms. The zero-order valence-corrected chi connectivity index (χ0v) is 8.75. The zero-order valence-electron chi connectivity index (χ0n) is 8.75. The summed E-state index contributed by atoms with van der Waals surface area (Å²) in [6, 6.07) is 10.7. The monoisotopic (exact) mass is 214 g/mol. The number of carbonyl (C=O) groups excluding carboxylic acids is 1. The number of nitrogens with zero attached hydrogens (tertiary/aromatic N) is 2. The van der Waals surface area contributed by atoms with E-state index in [0.717, 1.165) is 5.56 Å². The van der Waals surface area contributed by atoms with Crippen LogP contribution in [0.2, 0.25) is 0 Å². The SMILES string of the molecule is COC(=O)c1ccccc1-c1cccnn1. The Bertz CT molecular complexity index is 497. The van der Waals surface area contributed by atoms with E-state index < -0.39 is 0 Å². The zero-order chi connectivity index (χ0) is 11.4. The van der Waals surface area contributed by atoms with Gasteiger partial charge in [-0.25, -0.2) is 4.79 Å². The summed E-state index contributed by atoms with van der Waals surface area (Å²) in [6.45, 7) is 0. The molecule has 0 bridgehead atoms. The molecule has 2 rings (SSSR count). The van der Waals surface area contributed by atoms with Gasteiger partial charge in [0, 0.05) is 11.8 Å². The third-order valence-corrected chi connectivity index (χ3v) is 2.18. The van der Waals surface area contributed by atoms with Gasteiger partial charge in [0.2, 0.25) is 0 Å². The van der Waals surface area contributed by atoms with Crippen LogP contribution < -0.4 is 0 Å². The van der Waals surface area contributed by atoms with E-state index in [0.29, 0.717) is 11.3 Å². The van der Waals surface area contributed by atoms with Crippen molar-refractivity contribution in [2.45, 2.75) is 0 Å². The fourth-order valence-electron chi connectivity index (χ4n) is 1.44. The van der Waals surface area contributed by atoms with E-state index in [2.05, 4.69) is 10.2 Å². The van der Waals surface area contributed by atoms with Crippen LogP contribution in [0, 0.1) is 0 Å². The van der Waals surface area contributed by atoms with E-state index >= 15 is 0 Å². The van der Waals surface area contributed by atoms with Gasteiger partial charge in [0.05, 0.1) is 18.4 Å². The highest BCUT2D eigenvalue weighted by Crippen LogP contribution is 2.21. The number of rotatable bonds is 2. The molecule has 0 atom stereocenters. The topological polar surface area (TPSA) is 52.1 Å². The summed E-state index contributed by atoms with van der Waals surface area (Å²) in [5.74, 6) is -0.374. The summed E-state index contributed by atoms with van der Waals surface area (Å²) in [7, 11) is 1.36. The van der Waals surface area contributed by atoms with Crippen molar-refractivity contribution in [3.63, 3.8) is 0 Å². The van der Waals surface area contributed by atoms with Gasteiger partial charge in [-0.2, -0.15) is 10.2 Å². The van der Waals surface area contributed by atoms with E-state index in [4.69, 9.17) is 4.74 Å². The second-order valence-corrected chi connectivity index (χ2v) is 3.15. The lowest BCUT2D eigenvalue weighted by Crippen LogP contribution is -2.03. The fraction of sp³-hybridized carbons (Fsp3) is 0.0833. The van der Waals surface area contributed by atoms with E-state index in [1.165, 1.54) is 7.11 Å². The lowest BCUT2D eigenvalue weighted by atomic mass is 10.0. The highest BCUT2D eigenvalue weighted by Gasteiger charge is 2.12. The first-order valence-corrected chi connectivity index (χ1v) is 4.78. The minimum absolute atomic E-state index is 0.374. The quantitative estimate of drug-likeness (QED) is 0.717. The number of hydrogen-bond donors (Lipinski definition) is 0. The average molecular weight is 214 g/mol. The summed E-state index contributed by atoms with van der Waals surface area (Å²) in [5.41, 5.74) is 1.87. The molecule has 0 amide bonds. The molecule has 0 saturated carbocycles. The van der Waals surface area contributed by atoms with E-state index in [-0.39, 0.29) is 5.97 Å². The Hall–Kier alpha value is -2.23. The molecule has 16 heavy (non-hydrogen) atoms. The minimum atomic E-state index is -0.374. The van der Waals surface area contributed by atoms with Gasteiger partial charge in [-0.3, -0.25) is 0 Å². The number of carbonyl (C=O) groups is 1. The standard InChI is InChI=1S/C12H10N2O2/c1-16-12(15)10-6-3-2-5-9(10)11-7-4-8-13-14-11/h2-8H,1H3. The molecule has 2 aromatic rings. The first-order valence-electron chi connectivity index (χ1n) is 4.78. The van der Waals surface area contributed by atoms with Crippen LogP contribution >= 0.6 is 0 Å². The van der Waals surface area contributed by atoms with Crippen molar-refractivity contribution in [1.82, 2.24) is 10.2 Å². The predicted octanol–water partition coefficient (Wildman–Crippen LogP) is 1.93. The Morgan fingerprint density at radius 1 is 1.19 bits per heavy atom. The van der Waals surface area contributed by atoms with Crippen LogP contribution in [-0.4, -0.2) is 23.3 Å². The molecule has 0 spiro atoms.